The number of aliphatic hydroxyl groups is 1. The molecular formula is C23H25ClNO2+. The molecule has 3 aromatic rings. The van der Waals surface area contributed by atoms with Crippen molar-refractivity contribution in [1.29, 1.82) is 0 Å². The molecule has 3 aromatic carbocycles. The van der Waals surface area contributed by atoms with E-state index >= 15 is 0 Å². The third-order valence-electron chi connectivity index (χ3n) is 4.39. The predicted octanol–water partition coefficient (Wildman–Crippen LogP) is 3.37. The van der Waals surface area contributed by atoms with Crippen LogP contribution in [0.25, 0.3) is 0 Å². The van der Waals surface area contributed by atoms with Gasteiger partial charge in [0, 0.05) is 11.1 Å². The smallest absolute Gasteiger partial charge is 0.138 e. The number of para-hydroxylation sites is 1. The number of aliphatic hydroxyl groups excluding tert-OH is 1. The molecule has 0 heterocycles. The SMILES string of the molecule is O[C@H](COc1ccccc1Cl)C[NH+](Cc1ccccc1)Cc1ccccc1. The van der Waals surface area contributed by atoms with Crippen LogP contribution in [-0.2, 0) is 13.1 Å². The van der Waals surface area contributed by atoms with E-state index in [1.165, 1.54) is 16.0 Å². The molecule has 0 aromatic heterocycles. The molecule has 2 N–H and O–H groups in total. The van der Waals surface area contributed by atoms with E-state index < -0.39 is 6.10 Å². The van der Waals surface area contributed by atoms with E-state index in [4.69, 9.17) is 16.3 Å². The Bertz CT molecular complexity index is 769. The summed E-state index contributed by atoms with van der Waals surface area (Å²) < 4.78 is 5.70. The van der Waals surface area contributed by atoms with Gasteiger partial charge in [-0.2, -0.15) is 0 Å². The maximum atomic E-state index is 10.5. The molecule has 0 saturated heterocycles. The van der Waals surface area contributed by atoms with Gasteiger partial charge in [0.25, 0.3) is 0 Å². The lowest BCUT2D eigenvalue weighted by molar-refractivity contribution is -0.930. The molecule has 1 atom stereocenters. The minimum atomic E-state index is -0.580. The van der Waals surface area contributed by atoms with Crippen molar-refractivity contribution < 1.29 is 14.7 Å². The normalized spacial score (nSPS) is 12.1. The summed E-state index contributed by atoms with van der Waals surface area (Å²) in [6.07, 6.45) is -0.580. The van der Waals surface area contributed by atoms with Gasteiger partial charge in [0.2, 0.25) is 0 Å². The molecule has 4 heteroatoms. The second-order valence-electron chi connectivity index (χ2n) is 6.67. The van der Waals surface area contributed by atoms with Gasteiger partial charge in [0.1, 0.15) is 38.1 Å². The number of benzene rings is 3. The van der Waals surface area contributed by atoms with E-state index in [9.17, 15) is 5.11 Å². The van der Waals surface area contributed by atoms with Crippen LogP contribution in [0.3, 0.4) is 0 Å². The average molecular weight is 383 g/mol. The number of hydrogen-bond donors (Lipinski definition) is 2. The number of halogens is 1. The minimum Gasteiger partial charge on any atom is -0.489 e. The summed E-state index contributed by atoms with van der Waals surface area (Å²) in [5.41, 5.74) is 2.50. The molecule has 0 unspecified atom stereocenters. The summed E-state index contributed by atoms with van der Waals surface area (Å²) in [4.78, 5) is 1.28. The van der Waals surface area contributed by atoms with Gasteiger partial charge in [0.15, 0.2) is 0 Å². The zero-order valence-electron chi connectivity index (χ0n) is 15.2. The Morgan fingerprint density at radius 1 is 0.778 bits per heavy atom. The van der Waals surface area contributed by atoms with Crippen LogP contribution in [0.4, 0.5) is 0 Å². The molecule has 0 aliphatic carbocycles. The Balaban J connectivity index is 1.62. The van der Waals surface area contributed by atoms with Gasteiger partial charge in [-0.05, 0) is 12.1 Å². The monoisotopic (exact) mass is 382 g/mol. The predicted molar refractivity (Wildman–Crippen MR) is 109 cm³/mol. The lowest BCUT2D eigenvalue weighted by Gasteiger charge is -2.23. The Labute approximate surface area is 165 Å². The second kappa shape index (κ2) is 10.1. The number of quaternary nitrogens is 1. The zero-order valence-corrected chi connectivity index (χ0v) is 16.0. The molecule has 0 amide bonds. The highest BCUT2D eigenvalue weighted by atomic mass is 35.5. The van der Waals surface area contributed by atoms with Crippen molar-refractivity contribution >= 4 is 11.6 Å². The summed E-state index contributed by atoms with van der Waals surface area (Å²) in [5.74, 6) is 0.603. The van der Waals surface area contributed by atoms with Gasteiger partial charge in [-0.25, -0.2) is 0 Å². The van der Waals surface area contributed by atoms with Gasteiger partial charge in [0.05, 0.1) is 5.02 Å². The first-order valence-electron chi connectivity index (χ1n) is 9.17. The fraction of sp³-hybridized carbons (Fsp3) is 0.217. The van der Waals surface area contributed by atoms with E-state index in [1.807, 2.05) is 54.6 Å². The van der Waals surface area contributed by atoms with Crippen LogP contribution in [0.15, 0.2) is 84.9 Å². The first kappa shape index (κ1) is 19.4. The highest BCUT2D eigenvalue weighted by molar-refractivity contribution is 6.32. The lowest BCUT2D eigenvalue weighted by Crippen LogP contribution is -3.10. The van der Waals surface area contributed by atoms with Crippen molar-refractivity contribution in [3.8, 4) is 5.75 Å². The first-order valence-corrected chi connectivity index (χ1v) is 9.55. The lowest BCUT2D eigenvalue weighted by atomic mass is 10.1. The maximum absolute atomic E-state index is 10.5. The van der Waals surface area contributed by atoms with Gasteiger partial charge in [-0.15, -0.1) is 0 Å². The molecule has 27 heavy (non-hydrogen) atoms. The van der Waals surface area contributed by atoms with Crippen molar-refractivity contribution in [3.63, 3.8) is 0 Å². The minimum absolute atomic E-state index is 0.219. The largest absolute Gasteiger partial charge is 0.489 e. The van der Waals surface area contributed by atoms with Crippen molar-refractivity contribution in [2.45, 2.75) is 19.2 Å². The van der Waals surface area contributed by atoms with Crippen LogP contribution in [0, 0.1) is 0 Å². The molecule has 0 saturated carbocycles. The van der Waals surface area contributed by atoms with E-state index in [0.29, 0.717) is 17.3 Å². The Kier molecular flexibility index (Phi) is 7.28. The molecule has 3 nitrogen and oxygen atoms in total. The highest BCUT2D eigenvalue weighted by Crippen LogP contribution is 2.23. The van der Waals surface area contributed by atoms with Crippen LogP contribution in [-0.4, -0.2) is 24.4 Å². The Morgan fingerprint density at radius 3 is 1.85 bits per heavy atom. The molecule has 0 bridgehead atoms. The topological polar surface area (TPSA) is 33.9 Å². The molecule has 0 aliphatic heterocycles. The molecule has 0 radical (unpaired) electrons. The van der Waals surface area contributed by atoms with Crippen molar-refractivity contribution in [2.24, 2.45) is 0 Å². The number of ether oxygens (including phenoxy) is 1. The number of nitrogens with one attached hydrogen (secondary N) is 1. The fourth-order valence-corrected chi connectivity index (χ4v) is 3.31. The fourth-order valence-electron chi connectivity index (χ4n) is 3.12. The molecule has 3 rings (SSSR count). The van der Waals surface area contributed by atoms with E-state index in [2.05, 4.69) is 24.3 Å². The van der Waals surface area contributed by atoms with Gasteiger partial charge >= 0.3 is 0 Å². The maximum Gasteiger partial charge on any atom is 0.138 e. The third kappa shape index (κ3) is 6.40. The zero-order chi connectivity index (χ0) is 18.9. The summed E-state index contributed by atoms with van der Waals surface area (Å²) in [6, 6.07) is 28.0. The Morgan fingerprint density at radius 2 is 1.30 bits per heavy atom. The van der Waals surface area contributed by atoms with Crippen LogP contribution in [0.5, 0.6) is 5.75 Å². The van der Waals surface area contributed by atoms with Crippen molar-refractivity contribution in [2.75, 3.05) is 13.2 Å². The summed E-state index contributed by atoms with van der Waals surface area (Å²) in [5, 5.41) is 11.1. The van der Waals surface area contributed by atoms with Crippen molar-refractivity contribution in [3.05, 3.63) is 101 Å². The van der Waals surface area contributed by atoms with Crippen LogP contribution < -0.4 is 9.64 Å². The van der Waals surface area contributed by atoms with Gasteiger partial charge in [-0.3, -0.25) is 0 Å². The first-order chi connectivity index (χ1) is 13.2. The summed E-state index contributed by atoms with van der Waals surface area (Å²) >= 11 is 6.12. The van der Waals surface area contributed by atoms with Crippen LogP contribution in [0.1, 0.15) is 11.1 Å². The summed E-state index contributed by atoms with van der Waals surface area (Å²) in [6.45, 7) is 2.50. The van der Waals surface area contributed by atoms with Crippen molar-refractivity contribution in [1.82, 2.24) is 0 Å². The average Bonchev–Trinajstić information content (AvgIpc) is 2.69. The van der Waals surface area contributed by atoms with Gasteiger partial charge < -0.3 is 14.7 Å². The number of hydrogen-bond acceptors (Lipinski definition) is 2. The molecular weight excluding hydrogens is 358 g/mol. The van der Waals surface area contributed by atoms with Crippen LogP contribution >= 0.6 is 11.6 Å². The third-order valence-corrected chi connectivity index (χ3v) is 4.70. The number of rotatable bonds is 9. The van der Waals surface area contributed by atoms with Gasteiger partial charge in [-0.1, -0.05) is 84.4 Å². The second-order valence-corrected chi connectivity index (χ2v) is 7.08. The molecule has 0 spiro atoms. The van der Waals surface area contributed by atoms with E-state index in [1.54, 1.807) is 6.07 Å². The van der Waals surface area contributed by atoms with E-state index in [0.717, 1.165) is 13.1 Å². The molecule has 140 valence electrons. The van der Waals surface area contributed by atoms with Crippen LogP contribution in [0.2, 0.25) is 5.02 Å². The molecule has 0 aliphatic rings. The Hall–Kier alpha value is -2.33. The molecule has 0 fully saturated rings. The van der Waals surface area contributed by atoms with E-state index in [-0.39, 0.29) is 6.61 Å². The quantitative estimate of drug-likeness (QED) is 0.595. The summed E-state index contributed by atoms with van der Waals surface area (Å²) in [7, 11) is 0. The highest BCUT2D eigenvalue weighted by Gasteiger charge is 2.17. The standard InChI is InChI=1S/C23H24ClNO2/c24-22-13-7-8-14-23(22)27-18-21(26)17-25(15-19-9-3-1-4-10-19)16-20-11-5-2-6-12-20/h1-14,21,26H,15-18H2/p+1/t21-/m0/s1.